The van der Waals surface area contributed by atoms with E-state index in [0.717, 1.165) is 5.56 Å². The van der Waals surface area contributed by atoms with Crippen LogP contribution in [0, 0.1) is 0 Å². The van der Waals surface area contributed by atoms with E-state index in [2.05, 4.69) is 9.97 Å². The second-order valence-electron chi connectivity index (χ2n) is 3.09. The van der Waals surface area contributed by atoms with E-state index in [1.807, 2.05) is 30.3 Å². The Balaban J connectivity index is 2.25. The van der Waals surface area contributed by atoms with Crippen molar-refractivity contribution in [3.8, 4) is 0 Å². The minimum Gasteiger partial charge on any atom is -0.221 e. The van der Waals surface area contributed by atoms with Gasteiger partial charge in [-0.25, -0.2) is 9.97 Å². The molecule has 0 aliphatic carbocycles. The van der Waals surface area contributed by atoms with Crippen molar-refractivity contribution in [3.63, 3.8) is 0 Å². The molecule has 1 aromatic heterocycles. The van der Waals surface area contributed by atoms with Gasteiger partial charge in [0.2, 0.25) is 0 Å². The van der Waals surface area contributed by atoms with Gasteiger partial charge in [-0.1, -0.05) is 53.5 Å². The lowest BCUT2D eigenvalue weighted by atomic mass is 10.1. The van der Waals surface area contributed by atoms with Crippen molar-refractivity contribution in [3.05, 3.63) is 58.1 Å². The van der Waals surface area contributed by atoms with Crippen molar-refractivity contribution >= 4 is 23.2 Å². The molecule has 0 spiro atoms. The van der Waals surface area contributed by atoms with E-state index in [-0.39, 0.29) is 0 Å². The Morgan fingerprint density at radius 1 is 0.933 bits per heavy atom. The molecular weight excluding hydrogens is 231 g/mol. The molecule has 0 amide bonds. The molecule has 0 aliphatic rings. The molecule has 0 N–H and O–H groups in total. The van der Waals surface area contributed by atoms with Crippen LogP contribution in [0.1, 0.15) is 11.4 Å². The van der Waals surface area contributed by atoms with Crippen LogP contribution in [-0.4, -0.2) is 9.97 Å². The Morgan fingerprint density at radius 2 is 1.53 bits per heavy atom. The first-order valence-electron chi connectivity index (χ1n) is 4.47. The largest absolute Gasteiger partial charge is 0.221 e. The summed E-state index contributed by atoms with van der Waals surface area (Å²) >= 11 is 11.6. The average molecular weight is 239 g/mol. The molecule has 1 aromatic carbocycles. The highest BCUT2D eigenvalue weighted by Gasteiger charge is 2.02. The van der Waals surface area contributed by atoms with Gasteiger partial charge in [0, 0.05) is 12.5 Å². The van der Waals surface area contributed by atoms with Crippen molar-refractivity contribution in [1.82, 2.24) is 9.97 Å². The van der Waals surface area contributed by atoms with E-state index in [0.29, 0.717) is 22.6 Å². The average Bonchev–Trinajstić information content (AvgIpc) is 2.17. The molecule has 0 radical (unpaired) electrons. The van der Waals surface area contributed by atoms with E-state index in [4.69, 9.17) is 23.2 Å². The van der Waals surface area contributed by atoms with Crippen LogP contribution in [0.5, 0.6) is 0 Å². The first-order chi connectivity index (χ1) is 7.24. The van der Waals surface area contributed by atoms with E-state index >= 15 is 0 Å². The number of benzene rings is 1. The van der Waals surface area contributed by atoms with Crippen LogP contribution < -0.4 is 0 Å². The zero-order valence-electron chi connectivity index (χ0n) is 7.82. The highest BCUT2D eigenvalue weighted by Crippen LogP contribution is 2.13. The molecule has 0 bridgehead atoms. The molecule has 2 aromatic rings. The van der Waals surface area contributed by atoms with Gasteiger partial charge in [-0.3, -0.25) is 0 Å². The van der Waals surface area contributed by atoms with Crippen LogP contribution in [0.4, 0.5) is 0 Å². The lowest BCUT2D eigenvalue weighted by Crippen LogP contribution is -1.96. The maximum atomic E-state index is 5.78. The van der Waals surface area contributed by atoms with Gasteiger partial charge in [0.15, 0.2) is 0 Å². The van der Waals surface area contributed by atoms with E-state index < -0.39 is 0 Å². The minimum atomic E-state index is 0.376. The minimum absolute atomic E-state index is 0.376. The molecule has 0 atom stereocenters. The fraction of sp³-hybridized carbons (Fsp3) is 0.0909. The van der Waals surface area contributed by atoms with Gasteiger partial charge < -0.3 is 0 Å². The molecule has 2 nitrogen and oxygen atoms in total. The third-order valence-corrected chi connectivity index (χ3v) is 2.30. The van der Waals surface area contributed by atoms with Gasteiger partial charge in [0.25, 0.3) is 0 Å². The van der Waals surface area contributed by atoms with Gasteiger partial charge >= 0.3 is 0 Å². The smallest absolute Gasteiger partial charge is 0.136 e. The topological polar surface area (TPSA) is 25.8 Å². The lowest BCUT2D eigenvalue weighted by molar-refractivity contribution is 0.969. The first kappa shape index (κ1) is 10.4. The Bertz CT molecular complexity index is 437. The molecule has 4 heteroatoms. The van der Waals surface area contributed by atoms with Crippen LogP contribution in [0.15, 0.2) is 36.4 Å². The van der Waals surface area contributed by atoms with Crippen LogP contribution in [0.3, 0.4) is 0 Å². The second kappa shape index (κ2) is 4.60. The summed E-state index contributed by atoms with van der Waals surface area (Å²) in [5.41, 5.74) is 1.14. The van der Waals surface area contributed by atoms with Crippen LogP contribution in [-0.2, 0) is 6.42 Å². The molecule has 1 heterocycles. The maximum absolute atomic E-state index is 5.78. The number of aromatic nitrogens is 2. The van der Waals surface area contributed by atoms with Gasteiger partial charge in [0.05, 0.1) is 0 Å². The number of halogens is 2. The Hall–Kier alpha value is -1.12. The fourth-order valence-electron chi connectivity index (χ4n) is 1.29. The number of hydrogen-bond acceptors (Lipinski definition) is 2. The highest BCUT2D eigenvalue weighted by molar-refractivity contribution is 6.33. The molecule has 0 fully saturated rings. The number of nitrogens with zero attached hydrogens (tertiary/aromatic N) is 2. The lowest BCUT2D eigenvalue weighted by Gasteiger charge is -2.01. The summed E-state index contributed by atoms with van der Waals surface area (Å²) in [6.07, 6.45) is 0.640. The maximum Gasteiger partial charge on any atom is 0.136 e. The summed E-state index contributed by atoms with van der Waals surface area (Å²) in [4.78, 5) is 8.20. The van der Waals surface area contributed by atoms with Crippen molar-refractivity contribution in [2.75, 3.05) is 0 Å². The molecule has 0 aliphatic heterocycles. The molecule has 2 rings (SSSR count). The first-order valence-corrected chi connectivity index (χ1v) is 5.22. The van der Waals surface area contributed by atoms with Crippen molar-refractivity contribution in [2.24, 2.45) is 0 Å². The SMILES string of the molecule is Clc1cc(Cl)nc(Cc2ccccc2)n1. The molecular formula is C11H8Cl2N2. The second-order valence-corrected chi connectivity index (χ2v) is 3.87. The quantitative estimate of drug-likeness (QED) is 0.751. The van der Waals surface area contributed by atoms with E-state index in [9.17, 15) is 0 Å². The third-order valence-electron chi connectivity index (χ3n) is 1.91. The van der Waals surface area contributed by atoms with E-state index in [1.165, 1.54) is 6.07 Å². The van der Waals surface area contributed by atoms with Crippen molar-refractivity contribution in [1.29, 1.82) is 0 Å². The zero-order valence-corrected chi connectivity index (χ0v) is 9.33. The number of rotatable bonds is 2. The summed E-state index contributed by atoms with van der Waals surface area (Å²) in [6.45, 7) is 0. The van der Waals surface area contributed by atoms with Crippen molar-refractivity contribution < 1.29 is 0 Å². The normalized spacial score (nSPS) is 10.3. The predicted octanol–water partition coefficient (Wildman–Crippen LogP) is 3.37. The summed E-state index contributed by atoms with van der Waals surface area (Å²) < 4.78 is 0. The van der Waals surface area contributed by atoms with Crippen LogP contribution in [0.2, 0.25) is 10.3 Å². The van der Waals surface area contributed by atoms with E-state index in [1.54, 1.807) is 0 Å². The zero-order chi connectivity index (χ0) is 10.7. The molecule has 0 saturated carbocycles. The molecule has 0 saturated heterocycles. The predicted molar refractivity (Wildman–Crippen MR) is 61.3 cm³/mol. The Kier molecular flexibility index (Phi) is 3.19. The summed E-state index contributed by atoms with van der Waals surface area (Å²) in [6, 6.07) is 11.5. The van der Waals surface area contributed by atoms with Gasteiger partial charge in [-0.05, 0) is 5.56 Å². The van der Waals surface area contributed by atoms with Gasteiger partial charge in [-0.15, -0.1) is 0 Å². The fourth-order valence-corrected chi connectivity index (χ4v) is 1.75. The Morgan fingerprint density at radius 3 is 2.13 bits per heavy atom. The highest BCUT2D eigenvalue weighted by atomic mass is 35.5. The van der Waals surface area contributed by atoms with Crippen molar-refractivity contribution in [2.45, 2.75) is 6.42 Å². The third kappa shape index (κ3) is 2.91. The van der Waals surface area contributed by atoms with Crippen LogP contribution in [0.25, 0.3) is 0 Å². The number of hydrogen-bond donors (Lipinski definition) is 0. The summed E-state index contributed by atoms with van der Waals surface area (Å²) in [5, 5.41) is 0.752. The summed E-state index contributed by atoms with van der Waals surface area (Å²) in [7, 11) is 0. The molecule has 15 heavy (non-hydrogen) atoms. The monoisotopic (exact) mass is 238 g/mol. The summed E-state index contributed by atoms with van der Waals surface area (Å²) in [5.74, 6) is 0.638. The van der Waals surface area contributed by atoms with Crippen LogP contribution >= 0.6 is 23.2 Å². The Labute approximate surface area is 97.9 Å². The van der Waals surface area contributed by atoms with Gasteiger partial charge in [-0.2, -0.15) is 0 Å². The molecule has 0 unspecified atom stereocenters. The molecule has 76 valence electrons. The van der Waals surface area contributed by atoms with Gasteiger partial charge in [0.1, 0.15) is 16.1 Å². The standard InChI is InChI=1S/C11H8Cl2N2/c12-9-7-10(13)15-11(14-9)6-8-4-2-1-3-5-8/h1-5,7H,6H2.